The molecule has 0 heterocycles. The number of aryl methyl sites for hydroxylation is 2. The minimum atomic E-state index is 0.866. The lowest BCUT2D eigenvalue weighted by molar-refractivity contribution is 0.478. The zero-order valence-electron chi connectivity index (χ0n) is 13.7. The third-order valence-electron chi connectivity index (χ3n) is 3.45. The fourth-order valence-corrected chi connectivity index (χ4v) is 3.86. The molecular weight excluding hydrogens is 514 g/mol. The van der Waals surface area contributed by atoms with Gasteiger partial charge in [-0.05, 0) is 107 Å². The van der Waals surface area contributed by atoms with E-state index in [1.807, 2.05) is 30.4 Å². The highest BCUT2D eigenvalue weighted by atomic mass is 127. The topological polar surface area (TPSA) is 24.8 Å². The largest absolute Gasteiger partial charge is 0.457 e. The van der Waals surface area contributed by atoms with Gasteiger partial charge >= 0.3 is 0 Å². The molecule has 0 fully saturated rings. The van der Waals surface area contributed by atoms with E-state index in [-0.39, 0.29) is 0 Å². The van der Waals surface area contributed by atoms with Gasteiger partial charge in [-0.15, -0.1) is 0 Å². The van der Waals surface area contributed by atoms with E-state index in [1.165, 1.54) is 7.14 Å². The van der Waals surface area contributed by atoms with E-state index in [1.54, 1.807) is 0 Å². The van der Waals surface area contributed by atoms with Gasteiger partial charge < -0.3 is 9.64 Å². The van der Waals surface area contributed by atoms with Crippen molar-refractivity contribution in [3.05, 3.63) is 48.6 Å². The molecular formula is C18H20I2N2O. The van der Waals surface area contributed by atoms with Crippen LogP contribution in [0.5, 0.6) is 11.5 Å². The van der Waals surface area contributed by atoms with Gasteiger partial charge in [0.05, 0.1) is 12.0 Å². The number of halogens is 2. The Kier molecular flexibility index (Phi) is 6.70. The van der Waals surface area contributed by atoms with E-state index >= 15 is 0 Å². The second-order valence-corrected chi connectivity index (χ2v) is 7.92. The molecule has 0 aliphatic carbocycles. The molecule has 3 nitrogen and oxygen atoms in total. The number of benzene rings is 2. The summed E-state index contributed by atoms with van der Waals surface area (Å²) in [5.74, 6) is 1.74. The molecule has 23 heavy (non-hydrogen) atoms. The van der Waals surface area contributed by atoms with Crippen molar-refractivity contribution in [1.29, 1.82) is 0 Å². The summed E-state index contributed by atoms with van der Waals surface area (Å²) in [5, 5.41) is 0. The first-order valence-electron chi connectivity index (χ1n) is 7.38. The Hall–Kier alpha value is -0.830. The molecule has 2 aromatic carbocycles. The fraction of sp³-hybridized carbons (Fsp3) is 0.278. The van der Waals surface area contributed by atoms with Crippen LogP contribution in [-0.4, -0.2) is 24.8 Å². The lowest BCUT2D eigenvalue weighted by Gasteiger charge is -2.13. The van der Waals surface area contributed by atoms with Gasteiger partial charge in [0.2, 0.25) is 0 Å². The smallest absolute Gasteiger partial charge is 0.130 e. The van der Waals surface area contributed by atoms with Crippen molar-refractivity contribution >= 4 is 57.2 Å². The molecule has 5 heteroatoms. The van der Waals surface area contributed by atoms with E-state index in [9.17, 15) is 0 Å². The standard InChI is InChI=1S/C18H20I2N2O/c1-5-22(4)11-21-17-6-13(3)18(7-12(17)2)23-16-9-14(19)8-15(20)10-16/h6-11H,5H2,1-4H3/b21-11+. The molecule has 0 aliphatic rings. The molecule has 0 radical (unpaired) electrons. The molecule has 0 saturated heterocycles. The highest BCUT2D eigenvalue weighted by Crippen LogP contribution is 2.32. The van der Waals surface area contributed by atoms with E-state index in [0.717, 1.165) is 34.9 Å². The van der Waals surface area contributed by atoms with Crippen molar-refractivity contribution < 1.29 is 4.74 Å². The van der Waals surface area contributed by atoms with Crippen molar-refractivity contribution in [3.63, 3.8) is 0 Å². The second kappa shape index (κ2) is 8.32. The Morgan fingerprint density at radius 3 is 2.30 bits per heavy atom. The first-order valence-corrected chi connectivity index (χ1v) is 9.54. The molecule has 0 bridgehead atoms. The summed E-state index contributed by atoms with van der Waals surface area (Å²) in [5.41, 5.74) is 3.16. The zero-order valence-corrected chi connectivity index (χ0v) is 18.0. The normalized spacial score (nSPS) is 11.0. The number of nitrogens with zero attached hydrogens (tertiary/aromatic N) is 2. The first kappa shape index (κ1) is 18.5. The van der Waals surface area contributed by atoms with E-state index in [4.69, 9.17) is 4.74 Å². The van der Waals surface area contributed by atoms with E-state index in [2.05, 4.69) is 89.1 Å². The van der Waals surface area contributed by atoms with Crippen LogP contribution >= 0.6 is 45.2 Å². The second-order valence-electron chi connectivity index (χ2n) is 5.43. The Morgan fingerprint density at radius 2 is 1.70 bits per heavy atom. The van der Waals surface area contributed by atoms with Gasteiger partial charge in [0.15, 0.2) is 0 Å². The van der Waals surface area contributed by atoms with Crippen LogP contribution in [0.2, 0.25) is 0 Å². The Bertz CT molecular complexity index is 709. The summed E-state index contributed by atoms with van der Waals surface area (Å²) >= 11 is 4.61. The van der Waals surface area contributed by atoms with Crippen molar-refractivity contribution in [3.8, 4) is 11.5 Å². The van der Waals surface area contributed by atoms with Crippen LogP contribution in [0.1, 0.15) is 18.1 Å². The molecule has 0 N–H and O–H groups in total. The quantitative estimate of drug-likeness (QED) is 0.271. The van der Waals surface area contributed by atoms with Crippen molar-refractivity contribution in [2.24, 2.45) is 4.99 Å². The minimum absolute atomic E-state index is 0.866. The summed E-state index contributed by atoms with van der Waals surface area (Å²) in [7, 11) is 2.02. The van der Waals surface area contributed by atoms with Crippen LogP contribution < -0.4 is 4.74 Å². The van der Waals surface area contributed by atoms with Gasteiger partial charge in [-0.25, -0.2) is 4.99 Å². The number of hydrogen-bond acceptors (Lipinski definition) is 2. The molecule has 0 saturated carbocycles. The fourth-order valence-electron chi connectivity index (χ4n) is 1.98. The molecule has 0 amide bonds. The van der Waals surface area contributed by atoms with Crippen LogP contribution in [-0.2, 0) is 0 Å². The first-order chi connectivity index (χ1) is 10.9. The summed E-state index contributed by atoms with van der Waals surface area (Å²) in [4.78, 5) is 6.61. The molecule has 122 valence electrons. The lowest BCUT2D eigenvalue weighted by Crippen LogP contribution is -2.14. The molecule has 0 spiro atoms. The number of aliphatic imine (C=N–C) groups is 1. The van der Waals surface area contributed by atoms with Crippen LogP contribution in [0, 0.1) is 21.0 Å². The summed E-state index contributed by atoms with van der Waals surface area (Å²) in [6.45, 7) is 7.15. The predicted octanol–water partition coefficient (Wildman–Crippen LogP) is 5.92. The molecule has 2 aromatic rings. The summed E-state index contributed by atoms with van der Waals surface area (Å²) in [6.07, 6.45) is 1.87. The Morgan fingerprint density at radius 1 is 1.04 bits per heavy atom. The average Bonchev–Trinajstić information content (AvgIpc) is 2.47. The maximum absolute atomic E-state index is 6.08. The zero-order chi connectivity index (χ0) is 17.0. The number of rotatable bonds is 5. The van der Waals surface area contributed by atoms with E-state index in [0.29, 0.717) is 0 Å². The molecule has 0 aliphatic heterocycles. The van der Waals surface area contributed by atoms with Crippen LogP contribution in [0.4, 0.5) is 5.69 Å². The molecule has 2 rings (SSSR count). The highest BCUT2D eigenvalue weighted by molar-refractivity contribution is 14.1. The maximum Gasteiger partial charge on any atom is 0.130 e. The van der Waals surface area contributed by atoms with Crippen LogP contribution in [0.25, 0.3) is 0 Å². The molecule has 0 unspecified atom stereocenters. The lowest BCUT2D eigenvalue weighted by atomic mass is 10.1. The van der Waals surface area contributed by atoms with Crippen molar-refractivity contribution in [2.75, 3.05) is 13.6 Å². The van der Waals surface area contributed by atoms with Crippen molar-refractivity contribution in [2.45, 2.75) is 20.8 Å². The monoisotopic (exact) mass is 534 g/mol. The van der Waals surface area contributed by atoms with Crippen LogP contribution in [0.15, 0.2) is 35.3 Å². The van der Waals surface area contributed by atoms with Gasteiger partial charge in [-0.1, -0.05) is 0 Å². The maximum atomic E-state index is 6.08. The number of hydrogen-bond donors (Lipinski definition) is 0. The van der Waals surface area contributed by atoms with Crippen LogP contribution in [0.3, 0.4) is 0 Å². The van der Waals surface area contributed by atoms with Gasteiger partial charge in [0.1, 0.15) is 11.5 Å². The van der Waals surface area contributed by atoms with Gasteiger partial charge in [0, 0.05) is 20.7 Å². The van der Waals surface area contributed by atoms with Crippen molar-refractivity contribution in [1.82, 2.24) is 4.90 Å². The third kappa shape index (κ3) is 5.34. The predicted molar refractivity (Wildman–Crippen MR) is 114 cm³/mol. The molecule has 0 aromatic heterocycles. The summed E-state index contributed by atoms with van der Waals surface area (Å²) in [6, 6.07) is 10.3. The third-order valence-corrected chi connectivity index (χ3v) is 4.70. The van der Waals surface area contributed by atoms with Gasteiger partial charge in [0.25, 0.3) is 0 Å². The van der Waals surface area contributed by atoms with E-state index < -0.39 is 0 Å². The molecule has 0 atom stereocenters. The summed E-state index contributed by atoms with van der Waals surface area (Å²) < 4.78 is 8.42. The minimum Gasteiger partial charge on any atom is -0.457 e. The Balaban J connectivity index is 2.27. The van der Waals surface area contributed by atoms with Gasteiger partial charge in [-0.2, -0.15) is 0 Å². The van der Waals surface area contributed by atoms with Gasteiger partial charge in [-0.3, -0.25) is 0 Å². The SMILES string of the molecule is CCN(C)/C=N/c1cc(C)c(Oc2cc(I)cc(I)c2)cc1C. The Labute approximate surface area is 165 Å². The average molecular weight is 534 g/mol. The number of ether oxygens (including phenoxy) is 1. The highest BCUT2D eigenvalue weighted by Gasteiger charge is 2.07.